The summed E-state index contributed by atoms with van der Waals surface area (Å²) in [7, 11) is 1.44. The molecule has 1 aromatic heterocycles. The molecule has 0 spiro atoms. The Morgan fingerprint density at radius 3 is 2.68 bits per heavy atom. The van der Waals surface area contributed by atoms with E-state index in [0.717, 1.165) is 52.4 Å². The van der Waals surface area contributed by atoms with E-state index in [-0.39, 0.29) is 6.54 Å². The van der Waals surface area contributed by atoms with Crippen molar-refractivity contribution in [3.63, 3.8) is 0 Å². The van der Waals surface area contributed by atoms with Crippen LogP contribution in [0.1, 0.15) is 25.6 Å². The van der Waals surface area contributed by atoms with Gasteiger partial charge in [-0.15, -0.1) is 0 Å². The Balaban J connectivity index is 1.63. The van der Waals surface area contributed by atoms with Crippen LogP contribution in [0.4, 0.5) is 13.2 Å². The molecule has 2 fully saturated rings. The van der Waals surface area contributed by atoms with Crippen LogP contribution in [-0.4, -0.2) is 95.6 Å². The molecule has 1 aromatic rings. The summed E-state index contributed by atoms with van der Waals surface area (Å²) in [6.45, 7) is 8.39. The number of hydrogen-bond donors (Lipinski definition) is 2. The zero-order valence-electron chi connectivity index (χ0n) is 18.2. The minimum Gasteiger partial charge on any atom is -0.379 e. The van der Waals surface area contributed by atoms with Gasteiger partial charge in [-0.1, -0.05) is 0 Å². The fourth-order valence-electron chi connectivity index (χ4n) is 4.22. The van der Waals surface area contributed by atoms with Crippen LogP contribution in [0.25, 0.3) is 0 Å². The summed E-state index contributed by atoms with van der Waals surface area (Å²) in [6.07, 6.45) is -1.80. The Bertz CT molecular complexity index is 735. The van der Waals surface area contributed by atoms with Crippen molar-refractivity contribution in [3.05, 3.63) is 18.2 Å². The van der Waals surface area contributed by atoms with Gasteiger partial charge in [0, 0.05) is 71.7 Å². The number of aliphatic imine (C=N–C) groups is 1. The van der Waals surface area contributed by atoms with E-state index in [0.29, 0.717) is 18.4 Å². The SMILES string of the molecule is CCNC(=NCCC(O)(c1nccn1C)C(F)(F)F)N1CCC(CN2CCOCC2)C1. The Kier molecular flexibility index (Phi) is 7.82. The maximum Gasteiger partial charge on any atom is 0.424 e. The van der Waals surface area contributed by atoms with Gasteiger partial charge in [0.15, 0.2) is 5.96 Å². The molecule has 0 saturated carbocycles. The molecule has 0 aromatic carbocycles. The molecule has 2 saturated heterocycles. The standard InChI is InChI=1S/C20H33F3N6O2/c1-3-24-18(29-8-4-16(15-29)14-28-10-12-31-13-11-28)26-6-5-19(30,20(21,22)23)17-25-7-9-27(17)2/h7,9,16,30H,3-6,8,10-15H2,1-2H3,(H,24,26). The van der Waals surface area contributed by atoms with Gasteiger partial charge in [-0.2, -0.15) is 13.2 Å². The van der Waals surface area contributed by atoms with E-state index in [2.05, 4.69) is 25.1 Å². The largest absolute Gasteiger partial charge is 0.424 e. The molecule has 176 valence electrons. The predicted octanol–water partition coefficient (Wildman–Crippen LogP) is 1.18. The van der Waals surface area contributed by atoms with Gasteiger partial charge in [0.1, 0.15) is 5.82 Å². The Hall–Kier alpha value is -1.85. The average Bonchev–Trinajstić information content (AvgIpc) is 3.36. The third-order valence-corrected chi connectivity index (χ3v) is 5.94. The average molecular weight is 447 g/mol. The molecule has 2 aliphatic rings. The van der Waals surface area contributed by atoms with Gasteiger partial charge >= 0.3 is 6.18 Å². The van der Waals surface area contributed by atoms with Gasteiger partial charge in [0.05, 0.1) is 13.2 Å². The zero-order chi connectivity index (χ0) is 22.5. The molecule has 8 nitrogen and oxygen atoms in total. The molecule has 0 aliphatic carbocycles. The topological polar surface area (TPSA) is 78.2 Å². The lowest BCUT2D eigenvalue weighted by atomic mass is 9.98. The van der Waals surface area contributed by atoms with E-state index in [1.165, 1.54) is 24.0 Å². The normalized spacial score (nSPS) is 23.2. The van der Waals surface area contributed by atoms with Crippen molar-refractivity contribution in [1.82, 2.24) is 24.7 Å². The first kappa shape index (κ1) is 23.8. The number of likely N-dealkylation sites (tertiary alicyclic amines) is 1. The summed E-state index contributed by atoms with van der Waals surface area (Å²) in [5, 5.41) is 13.7. The molecule has 3 rings (SSSR count). The number of nitrogens with one attached hydrogen (secondary N) is 1. The Morgan fingerprint density at radius 2 is 2.06 bits per heavy atom. The van der Waals surface area contributed by atoms with Crippen LogP contribution < -0.4 is 5.32 Å². The maximum atomic E-state index is 13.7. The first-order chi connectivity index (χ1) is 14.7. The zero-order valence-corrected chi connectivity index (χ0v) is 18.2. The van der Waals surface area contributed by atoms with Gasteiger partial charge in [-0.05, 0) is 19.3 Å². The van der Waals surface area contributed by atoms with Gasteiger partial charge in [0.25, 0.3) is 0 Å². The molecule has 2 N–H and O–H groups in total. The number of aryl methyl sites for hydroxylation is 1. The highest BCUT2D eigenvalue weighted by Crippen LogP contribution is 2.40. The van der Waals surface area contributed by atoms with Gasteiger partial charge in [-0.3, -0.25) is 9.89 Å². The lowest BCUT2D eigenvalue weighted by molar-refractivity contribution is -0.272. The molecule has 2 atom stereocenters. The number of aliphatic hydroxyl groups is 1. The number of rotatable bonds is 7. The number of morpholine rings is 1. The van der Waals surface area contributed by atoms with Crippen LogP contribution >= 0.6 is 0 Å². The summed E-state index contributed by atoms with van der Waals surface area (Å²) in [6, 6.07) is 0. The van der Waals surface area contributed by atoms with E-state index < -0.39 is 24.0 Å². The maximum absolute atomic E-state index is 13.7. The minimum atomic E-state index is -4.85. The fourth-order valence-corrected chi connectivity index (χ4v) is 4.22. The highest BCUT2D eigenvalue weighted by atomic mass is 19.4. The second-order valence-electron chi connectivity index (χ2n) is 8.22. The van der Waals surface area contributed by atoms with Gasteiger partial charge in [-0.25, -0.2) is 4.98 Å². The van der Waals surface area contributed by atoms with Crippen LogP contribution in [-0.2, 0) is 17.4 Å². The van der Waals surface area contributed by atoms with E-state index in [9.17, 15) is 18.3 Å². The highest BCUT2D eigenvalue weighted by molar-refractivity contribution is 5.80. The molecule has 31 heavy (non-hydrogen) atoms. The summed E-state index contributed by atoms with van der Waals surface area (Å²) in [4.78, 5) is 12.7. The van der Waals surface area contributed by atoms with Crippen molar-refractivity contribution >= 4 is 5.96 Å². The lowest BCUT2D eigenvalue weighted by Crippen LogP contribution is -2.45. The van der Waals surface area contributed by atoms with Crippen LogP contribution in [0.15, 0.2) is 17.4 Å². The second-order valence-corrected chi connectivity index (χ2v) is 8.22. The number of alkyl halides is 3. The Morgan fingerprint density at radius 1 is 1.32 bits per heavy atom. The van der Waals surface area contributed by atoms with E-state index in [1.54, 1.807) is 0 Å². The van der Waals surface area contributed by atoms with Gasteiger partial charge in [0.2, 0.25) is 5.60 Å². The quantitative estimate of drug-likeness (QED) is 0.484. The summed E-state index contributed by atoms with van der Waals surface area (Å²) >= 11 is 0. The molecule has 0 radical (unpaired) electrons. The van der Waals surface area contributed by atoms with Gasteiger partial charge < -0.3 is 24.6 Å². The summed E-state index contributed by atoms with van der Waals surface area (Å²) in [5.41, 5.74) is -3.05. The predicted molar refractivity (Wildman–Crippen MR) is 111 cm³/mol. The number of ether oxygens (including phenoxy) is 1. The van der Waals surface area contributed by atoms with Crippen molar-refractivity contribution in [3.8, 4) is 0 Å². The molecular weight excluding hydrogens is 413 g/mol. The molecule has 2 unspecified atom stereocenters. The molecule has 11 heteroatoms. The van der Waals surface area contributed by atoms with Crippen molar-refractivity contribution < 1.29 is 23.0 Å². The van der Waals surface area contributed by atoms with Crippen molar-refractivity contribution in [2.75, 3.05) is 59.0 Å². The van der Waals surface area contributed by atoms with E-state index >= 15 is 0 Å². The first-order valence-corrected chi connectivity index (χ1v) is 10.8. The van der Waals surface area contributed by atoms with Crippen LogP contribution in [0.5, 0.6) is 0 Å². The summed E-state index contributed by atoms with van der Waals surface area (Å²) in [5.74, 6) is 0.657. The van der Waals surface area contributed by atoms with Crippen LogP contribution in [0.2, 0.25) is 0 Å². The number of halogens is 3. The summed E-state index contributed by atoms with van der Waals surface area (Å²) < 4.78 is 47.7. The molecular formula is C20H33F3N6O2. The van der Waals surface area contributed by atoms with Crippen molar-refractivity contribution in [1.29, 1.82) is 0 Å². The second kappa shape index (κ2) is 10.2. The lowest BCUT2D eigenvalue weighted by Gasteiger charge is -2.30. The number of guanidine groups is 1. The molecule has 3 heterocycles. The number of hydrogen-bond acceptors (Lipinski definition) is 5. The monoisotopic (exact) mass is 446 g/mol. The minimum absolute atomic E-state index is 0.171. The highest BCUT2D eigenvalue weighted by Gasteiger charge is 2.57. The van der Waals surface area contributed by atoms with Crippen LogP contribution in [0.3, 0.4) is 0 Å². The van der Waals surface area contributed by atoms with Crippen molar-refractivity contribution in [2.45, 2.75) is 31.5 Å². The Labute approximate surface area is 181 Å². The number of aromatic nitrogens is 2. The molecule has 0 amide bonds. The van der Waals surface area contributed by atoms with E-state index in [4.69, 9.17) is 4.74 Å². The molecule has 2 aliphatic heterocycles. The van der Waals surface area contributed by atoms with Crippen LogP contribution in [0, 0.1) is 5.92 Å². The smallest absolute Gasteiger partial charge is 0.379 e. The number of nitrogens with zero attached hydrogens (tertiary/aromatic N) is 5. The number of imidazole rings is 1. The third kappa shape index (κ3) is 5.69. The van der Waals surface area contributed by atoms with E-state index in [1.807, 2.05) is 6.92 Å². The fraction of sp³-hybridized carbons (Fsp3) is 0.800. The first-order valence-electron chi connectivity index (χ1n) is 10.8. The third-order valence-electron chi connectivity index (χ3n) is 5.94. The van der Waals surface area contributed by atoms with Crippen molar-refractivity contribution in [2.24, 2.45) is 18.0 Å². The molecule has 0 bridgehead atoms.